The van der Waals surface area contributed by atoms with Crippen LogP contribution in [0.15, 0.2) is 16.8 Å². The van der Waals surface area contributed by atoms with Crippen molar-refractivity contribution in [3.8, 4) is 0 Å². The first-order valence-corrected chi connectivity index (χ1v) is 8.85. The Bertz CT molecular complexity index is 705. The van der Waals surface area contributed by atoms with Gasteiger partial charge in [-0.1, -0.05) is 5.21 Å². The van der Waals surface area contributed by atoms with E-state index in [-0.39, 0.29) is 6.04 Å². The molecule has 0 aromatic carbocycles. The smallest absolute Gasteiger partial charge is 0.208 e. The molecule has 7 nitrogen and oxygen atoms in total. The third kappa shape index (κ3) is 3.10. The van der Waals surface area contributed by atoms with Crippen LogP contribution in [0.5, 0.6) is 0 Å². The normalized spacial score (nSPS) is 25.5. The van der Waals surface area contributed by atoms with E-state index in [0.717, 1.165) is 24.6 Å². The maximum absolute atomic E-state index is 11.1. The molecule has 1 aliphatic carbocycles. The highest BCUT2D eigenvalue weighted by atomic mass is 16.4. The van der Waals surface area contributed by atoms with Crippen molar-refractivity contribution in [2.75, 3.05) is 13.1 Å². The van der Waals surface area contributed by atoms with Crippen LogP contribution in [0, 0.1) is 0 Å². The number of hydrogen-bond donors (Lipinski definition) is 1. The van der Waals surface area contributed by atoms with Crippen molar-refractivity contribution < 1.29 is 9.52 Å². The Morgan fingerprint density at radius 2 is 2.25 bits per heavy atom. The number of likely N-dealkylation sites (tertiary alicyclic amines) is 1. The van der Waals surface area contributed by atoms with Gasteiger partial charge in [-0.3, -0.25) is 4.90 Å². The van der Waals surface area contributed by atoms with Crippen LogP contribution in [0.4, 0.5) is 0 Å². The molecule has 130 valence electrons. The molecular weight excluding hydrogens is 306 g/mol. The number of rotatable bonds is 5. The number of nitrogens with zero attached hydrogens (tertiary/aromatic N) is 5. The predicted molar refractivity (Wildman–Crippen MR) is 87.3 cm³/mol. The van der Waals surface area contributed by atoms with Crippen LogP contribution < -0.4 is 0 Å². The molecule has 4 rings (SSSR count). The lowest BCUT2D eigenvalue weighted by Crippen LogP contribution is -2.46. The van der Waals surface area contributed by atoms with E-state index < -0.39 is 5.60 Å². The Hall–Kier alpha value is -1.73. The summed E-state index contributed by atoms with van der Waals surface area (Å²) >= 11 is 0. The molecule has 1 atom stereocenters. The Kier molecular flexibility index (Phi) is 3.92. The van der Waals surface area contributed by atoms with Crippen LogP contribution in [-0.2, 0) is 12.1 Å². The molecule has 1 N–H and O–H groups in total. The van der Waals surface area contributed by atoms with E-state index in [1.807, 2.05) is 12.4 Å². The quantitative estimate of drug-likeness (QED) is 0.905. The molecule has 0 spiro atoms. The minimum absolute atomic E-state index is 0.239. The van der Waals surface area contributed by atoms with E-state index in [0.29, 0.717) is 31.1 Å². The van der Waals surface area contributed by atoms with Gasteiger partial charge < -0.3 is 9.52 Å². The highest BCUT2D eigenvalue weighted by Crippen LogP contribution is 2.40. The largest absolute Gasteiger partial charge is 0.444 e. The zero-order chi connectivity index (χ0) is 16.7. The number of piperidine rings is 1. The van der Waals surface area contributed by atoms with Crippen molar-refractivity contribution in [1.82, 2.24) is 24.9 Å². The zero-order valence-corrected chi connectivity index (χ0v) is 14.4. The highest BCUT2D eigenvalue weighted by molar-refractivity contribution is 5.11. The number of aliphatic hydroxyl groups is 1. The Balaban J connectivity index is 1.45. The van der Waals surface area contributed by atoms with Crippen LogP contribution in [0.2, 0.25) is 0 Å². The molecule has 3 heterocycles. The Labute approximate surface area is 141 Å². The fourth-order valence-electron chi connectivity index (χ4n) is 3.35. The van der Waals surface area contributed by atoms with Crippen LogP contribution in [-0.4, -0.2) is 43.1 Å². The summed E-state index contributed by atoms with van der Waals surface area (Å²) in [6.07, 6.45) is 7.77. The molecular formula is C17H25N5O2. The first kappa shape index (κ1) is 15.8. The summed E-state index contributed by atoms with van der Waals surface area (Å²) in [6.45, 7) is 6.20. The van der Waals surface area contributed by atoms with Gasteiger partial charge in [0.15, 0.2) is 0 Å². The summed E-state index contributed by atoms with van der Waals surface area (Å²) in [7, 11) is 0. The van der Waals surface area contributed by atoms with E-state index in [2.05, 4.69) is 34.0 Å². The second kappa shape index (κ2) is 5.97. The molecule has 2 aromatic rings. The first-order chi connectivity index (χ1) is 11.5. The summed E-state index contributed by atoms with van der Waals surface area (Å²) in [4.78, 5) is 6.59. The molecule has 7 heteroatoms. The molecule has 0 unspecified atom stereocenters. The maximum Gasteiger partial charge on any atom is 0.208 e. The molecule has 0 amide bonds. The van der Waals surface area contributed by atoms with E-state index >= 15 is 0 Å². The first-order valence-electron chi connectivity index (χ1n) is 8.85. The van der Waals surface area contributed by atoms with Crippen LogP contribution >= 0.6 is 0 Å². The van der Waals surface area contributed by atoms with Gasteiger partial charge in [0.2, 0.25) is 5.89 Å². The second-order valence-electron chi connectivity index (χ2n) is 7.45. The number of aromatic nitrogens is 4. The topological polar surface area (TPSA) is 80.2 Å². The predicted octanol–water partition coefficient (Wildman–Crippen LogP) is 2.21. The van der Waals surface area contributed by atoms with E-state index in [1.165, 1.54) is 12.8 Å². The molecule has 1 saturated heterocycles. The van der Waals surface area contributed by atoms with E-state index in [9.17, 15) is 5.11 Å². The fraction of sp³-hybridized carbons (Fsp3) is 0.706. The number of oxazole rings is 1. The van der Waals surface area contributed by atoms with Gasteiger partial charge in [-0.15, -0.1) is 5.10 Å². The molecule has 1 aliphatic heterocycles. The second-order valence-corrected chi connectivity index (χ2v) is 7.45. The van der Waals surface area contributed by atoms with Gasteiger partial charge in [-0.2, -0.15) is 0 Å². The van der Waals surface area contributed by atoms with Gasteiger partial charge >= 0.3 is 0 Å². The van der Waals surface area contributed by atoms with Crippen molar-refractivity contribution in [3.05, 3.63) is 29.7 Å². The van der Waals surface area contributed by atoms with Gasteiger partial charge in [0.05, 0.1) is 18.9 Å². The molecule has 0 radical (unpaired) electrons. The SMILES string of the molecule is CC(C)n1cc([C@@]2(O)CCCN(Cc3ncc(C4CC4)o3)C2)nn1. The highest BCUT2D eigenvalue weighted by Gasteiger charge is 2.38. The van der Waals surface area contributed by atoms with Crippen molar-refractivity contribution in [2.45, 2.75) is 63.6 Å². The minimum atomic E-state index is -0.947. The molecule has 0 bridgehead atoms. The van der Waals surface area contributed by atoms with Crippen molar-refractivity contribution in [3.63, 3.8) is 0 Å². The lowest BCUT2D eigenvalue weighted by molar-refractivity contribution is -0.0433. The van der Waals surface area contributed by atoms with Gasteiger partial charge in [-0.25, -0.2) is 9.67 Å². The van der Waals surface area contributed by atoms with E-state index in [4.69, 9.17) is 4.42 Å². The molecule has 2 aliphatic rings. The summed E-state index contributed by atoms with van der Waals surface area (Å²) in [6, 6.07) is 0.239. The van der Waals surface area contributed by atoms with Crippen molar-refractivity contribution in [2.24, 2.45) is 0 Å². The van der Waals surface area contributed by atoms with E-state index in [1.54, 1.807) is 4.68 Å². The lowest BCUT2D eigenvalue weighted by atomic mass is 9.90. The molecule has 24 heavy (non-hydrogen) atoms. The van der Waals surface area contributed by atoms with Gasteiger partial charge in [0.25, 0.3) is 0 Å². The number of hydrogen-bond acceptors (Lipinski definition) is 6. The maximum atomic E-state index is 11.1. The lowest BCUT2D eigenvalue weighted by Gasteiger charge is -2.37. The third-order valence-electron chi connectivity index (χ3n) is 4.98. The monoisotopic (exact) mass is 331 g/mol. The van der Waals surface area contributed by atoms with Gasteiger partial charge in [-0.05, 0) is 46.1 Å². The third-order valence-corrected chi connectivity index (χ3v) is 4.98. The molecule has 1 saturated carbocycles. The van der Waals surface area contributed by atoms with Crippen LogP contribution in [0.25, 0.3) is 0 Å². The van der Waals surface area contributed by atoms with Gasteiger partial charge in [0, 0.05) is 18.5 Å². The summed E-state index contributed by atoms with van der Waals surface area (Å²) in [5.41, 5.74) is -0.288. The Morgan fingerprint density at radius 1 is 1.42 bits per heavy atom. The summed E-state index contributed by atoms with van der Waals surface area (Å²) < 4.78 is 7.65. The van der Waals surface area contributed by atoms with Gasteiger partial charge in [0.1, 0.15) is 17.1 Å². The summed E-state index contributed by atoms with van der Waals surface area (Å²) in [5, 5.41) is 19.4. The standard InChI is InChI=1S/C17H25N5O2/c1-12(2)22-9-15(19-20-22)17(23)6-3-7-21(11-17)10-16-18-8-14(24-16)13-4-5-13/h8-9,12-13,23H,3-7,10-11H2,1-2H3/t17-/m1/s1. The molecule has 2 fully saturated rings. The fourth-order valence-corrected chi connectivity index (χ4v) is 3.35. The summed E-state index contributed by atoms with van der Waals surface area (Å²) in [5.74, 6) is 2.33. The minimum Gasteiger partial charge on any atom is -0.444 e. The van der Waals surface area contributed by atoms with Crippen LogP contribution in [0.1, 0.15) is 68.8 Å². The van der Waals surface area contributed by atoms with Crippen molar-refractivity contribution in [1.29, 1.82) is 0 Å². The average Bonchev–Trinajstić information content (AvgIpc) is 3.08. The number of β-amino-alcohol motifs (C(OH)–C–C–N with tert-alkyl or cyclic N) is 1. The zero-order valence-electron chi connectivity index (χ0n) is 14.4. The van der Waals surface area contributed by atoms with Crippen molar-refractivity contribution >= 4 is 0 Å². The van der Waals surface area contributed by atoms with Crippen LogP contribution in [0.3, 0.4) is 0 Å². The average molecular weight is 331 g/mol. The Morgan fingerprint density at radius 3 is 2.96 bits per heavy atom. The molecule has 2 aromatic heterocycles.